The monoisotopic (exact) mass is 232 g/mol. The van der Waals surface area contributed by atoms with Crippen molar-refractivity contribution in [3.05, 3.63) is 0 Å². The normalized spacial score (nSPS) is 13.7. The van der Waals surface area contributed by atoms with Crippen molar-refractivity contribution < 1.29 is 4.79 Å². The number of carbonyl (C=O) groups is 1. The van der Waals surface area contributed by atoms with Crippen LogP contribution in [0.5, 0.6) is 0 Å². The lowest BCUT2D eigenvalue weighted by Crippen LogP contribution is -2.41. The van der Waals surface area contributed by atoms with Crippen LogP contribution in [0.15, 0.2) is 0 Å². The maximum Gasteiger partial charge on any atom is 0.236 e. The van der Waals surface area contributed by atoms with Gasteiger partial charge in [0.1, 0.15) is 0 Å². The molecule has 0 aliphatic rings. The number of carbonyl (C=O) groups excluding carboxylic acids is 1. The minimum absolute atomic E-state index is 0.0201. The van der Waals surface area contributed by atoms with Gasteiger partial charge in [-0.25, -0.2) is 0 Å². The van der Waals surface area contributed by atoms with Gasteiger partial charge in [-0.05, 0) is 30.3 Å². The highest BCUT2D eigenvalue weighted by atomic mass is 32.2. The van der Waals surface area contributed by atoms with E-state index in [1.807, 2.05) is 6.26 Å². The average molecular weight is 232 g/mol. The molecular weight excluding hydrogens is 208 g/mol. The molecule has 0 aromatic heterocycles. The van der Waals surface area contributed by atoms with Crippen LogP contribution in [0.1, 0.15) is 33.6 Å². The van der Waals surface area contributed by atoms with Crippen LogP contribution < -0.4 is 11.1 Å². The zero-order valence-electron chi connectivity index (χ0n) is 10.3. The van der Waals surface area contributed by atoms with E-state index in [4.69, 9.17) is 5.73 Å². The first-order chi connectivity index (χ1) is 6.87. The summed E-state index contributed by atoms with van der Waals surface area (Å²) < 4.78 is 0. The summed E-state index contributed by atoms with van der Waals surface area (Å²) in [5.41, 5.74) is 5.99. The number of amides is 1. The van der Waals surface area contributed by atoms with Gasteiger partial charge in [0.05, 0.1) is 6.04 Å². The van der Waals surface area contributed by atoms with Gasteiger partial charge in [0, 0.05) is 6.54 Å². The molecule has 1 atom stereocenters. The Balaban J connectivity index is 3.64. The average Bonchev–Trinajstić information content (AvgIpc) is 2.11. The molecule has 0 aromatic carbocycles. The van der Waals surface area contributed by atoms with Crippen molar-refractivity contribution in [2.45, 2.75) is 39.7 Å². The first kappa shape index (κ1) is 14.8. The lowest BCUT2D eigenvalue weighted by molar-refractivity contribution is -0.122. The summed E-state index contributed by atoms with van der Waals surface area (Å²) >= 11 is 1.72. The van der Waals surface area contributed by atoms with Gasteiger partial charge in [0.15, 0.2) is 0 Å². The van der Waals surface area contributed by atoms with Crippen molar-refractivity contribution in [1.82, 2.24) is 5.32 Å². The third-order valence-corrected chi connectivity index (χ3v) is 2.79. The fourth-order valence-corrected chi connectivity index (χ4v) is 1.56. The van der Waals surface area contributed by atoms with E-state index < -0.39 is 0 Å². The van der Waals surface area contributed by atoms with Crippen LogP contribution in [0.2, 0.25) is 0 Å². The van der Waals surface area contributed by atoms with Crippen molar-refractivity contribution in [3.63, 3.8) is 0 Å². The molecule has 90 valence electrons. The SMILES string of the molecule is CSCC[C@H](N)C(=O)NCCC(C)(C)C. The molecule has 3 N–H and O–H groups in total. The lowest BCUT2D eigenvalue weighted by Gasteiger charge is -2.19. The van der Waals surface area contributed by atoms with Crippen LogP contribution in [-0.2, 0) is 4.79 Å². The van der Waals surface area contributed by atoms with E-state index in [-0.39, 0.29) is 17.4 Å². The van der Waals surface area contributed by atoms with Crippen LogP contribution in [0.25, 0.3) is 0 Å². The Morgan fingerprint density at radius 2 is 2.07 bits per heavy atom. The van der Waals surface area contributed by atoms with E-state index in [2.05, 4.69) is 26.1 Å². The molecule has 0 spiro atoms. The summed E-state index contributed by atoms with van der Waals surface area (Å²) in [4.78, 5) is 11.5. The Hall–Kier alpha value is -0.220. The van der Waals surface area contributed by atoms with Gasteiger partial charge >= 0.3 is 0 Å². The second kappa shape index (κ2) is 7.12. The molecule has 0 radical (unpaired) electrons. The van der Waals surface area contributed by atoms with Gasteiger partial charge in [-0.15, -0.1) is 0 Å². The molecule has 0 aliphatic carbocycles. The fraction of sp³-hybridized carbons (Fsp3) is 0.909. The molecule has 0 unspecified atom stereocenters. The highest BCUT2D eigenvalue weighted by Crippen LogP contribution is 2.16. The molecule has 0 rings (SSSR count). The van der Waals surface area contributed by atoms with Crippen LogP contribution in [0.4, 0.5) is 0 Å². The number of hydrogen-bond donors (Lipinski definition) is 2. The third-order valence-electron chi connectivity index (χ3n) is 2.14. The Morgan fingerprint density at radius 1 is 1.47 bits per heavy atom. The minimum atomic E-state index is -0.350. The van der Waals surface area contributed by atoms with Crippen molar-refractivity contribution in [2.75, 3.05) is 18.6 Å². The molecule has 0 heterocycles. The van der Waals surface area contributed by atoms with Gasteiger partial charge in [-0.1, -0.05) is 20.8 Å². The second-order valence-electron chi connectivity index (χ2n) is 4.99. The summed E-state index contributed by atoms with van der Waals surface area (Å²) in [5.74, 6) is 0.918. The molecule has 0 saturated carbocycles. The molecule has 0 aromatic rings. The van der Waals surface area contributed by atoms with Gasteiger partial charge in [0.25, 0.3) is 0 Å². The zero-order chi connectivity index (χ0) is 11.9. The van der Waals surface area contributed by atoms with Crippen molar-refractivity contribution in [2.24, 2.45) is 11.1 Å². The zero-order valence-corrected chi connectivity index (χ0v) is 11.1. The van der Waals surface area contributed by atoms with Gasteiger partial charge in [-0.2, -0.15) is 11.8 Å². The summed E-state index contributed by atoms with van der Waals surface area (Å²) in [6.45, 7) is 7.20. The predicted octanol–water partition coefficient (Wildman–Crippen LogP) is 1.62. The van der Waals surface area contributed by atoms with E-state index in [0.717, 1.165) is 25.1 Å². The first-order valence-electron chi connectivity index (χ1n) is 5.39. The van der Waals surface area contributed by atoms with Crippen molar-refractivity contribution >= 4 is 17.7 Å². The Kier molecular flexibility index (Phi) is 7.02. The number of thioether (sulfide) groups is 1. The number of rotatable bonds is 6. The van der Waals surface area contributed by atoms with E-state index in [1.165, 1.54) is 0 Å². The highest BCUT2D eigenvalue weighted by Gasteiger charge is 2.14. The fourth-order valence-electron chi connectivity index (χ4n) is 1.07. The van der Waals surface area contributed by atoms with Gasteiger partial charge in [0.2, 0.25) is 5.91 Å². The summed E-state index contributed by atoms with van der Waals surface area (Å²) in [6.07, 6.45) is 3.75. The summed E-state index contributed by atoms with van der Waals surface area (Å²) in [7, 11) is 0. The molecular formula is C11H24N2OS. The summed E-state index contributed by atoms with van der Waals surface area (Å²) in [5, 5.41) is 2.87. The largest absolute Gasteiger partial charge is 0.355 e. The Morgan fingerprint density at radius 3 is 2.53 bits per heavy atom. The van der Waals surface area contributed by atoms with E-state index in [9.17, 15) is 4.79 Å². The standard InChI is InChI=1S/C11H24N2OS/c1-11(2,3)6-7-13-10(14)9(12)5-8-15-4/h9H,5-8,12H2,1-4H3,(H,13,14)/t9-/m0/s1. The van der Waals surface area contributed by atoms with Crippen LogP contribution in [-0.4, -0.2) is 30.5 Å². The molecule has 0 saturated heterocycles. The molecule has 3 nitrogen and oxygen atoms in total. The van der Waals surface area contributed by atoms with Crippen molar-refractivity contribution in [1.29, 1.82) is 0 Å². The van der Waals surface area contributed by atoms with E-state index in [0.29, 0.717) is 0 Å². The topological polar surface area (TPSA) is 55.1 Å². The lowest BCUT2D eigenvalue weighted by atomic mass is 9.92. The smallest absolute Gasteiger partial charge is 0.236 e. The van der Waals surface area contributed by atoms with E-state index in [1.54, 1.807) is 11.8 Å². The Labute approximate surface area is 97.6 Å². The quantitative estimate of drug-likeness (QED) is 0.731. The molecule has 0 bridgehead atoms. The number of nitrogens with one attached hydrogen (secondary N) is 1. The number of hydrogen-bond acceptors (Lipinski definition) is 3. The molecule has 0 fully saturated rings. The molecule has 1 amide bonds. The summed E-state index contributed by atoms with van der Waals surface area (Å²) in [6, 6.07) is -0.350. The number of nitrogens with two attached hydrogens (primary N) is 1. The van der Waals surface area contributed by atoms with Gasteiger partial charge in [-0.3, -0.25) is 4.79 Å². The predicted molar refractivity (Wildman–Crippen MR) is 68.1 cm³/mol. The molecule has 15 heavy (non-hydrogen) atoms. The Bertz CT molecular complexity index is 190. The van der Waals surface area contributed by atoms with E-state index >= 15 is 0 Å². The van der Waals surface area contributed by atoms with Crippen LogP contribution in [0, 0.1) is 5.41 Å². The van der Waals surface area contributed by atoms with Gasteiger partial charge < -0.3 is 11.1 Å². The first-order valence-corrected chi connectivity index (χ1v) is 6.78. The maximum absolute atomic E-state index is 11.5. The maximum atomic E-state index is 11.5. The minimum Gasteiger partial charge on any atom is -0.355 e. The third kappa shape index (κ3) is 8.75. The van der Waals surface area contributed by atoms with Crippen LogP contribution in [0.3, 0.4) is 0 Å². The van der Waals surface area contributed by atoms with Crippen molar-refractivity contribution in [3.8, 4) is 0 Å². The second-order valence-corrected chi connectivity index (χ2v) is 5.98. The molecule has 4 heteroatoms. The van der Waals surface area contributed by atoms with Crippen LogP contribution >= 0.6 is 11.8 Å². The highest BCUT2D eigenvalue weighted by molar-refractivity contribution is 7.98. The molecule has 0 aliphatic heterocycles.